The molecule has 2 aliphatic carbocycles. The molecule has 2 fully saturated rings. The van der Waals surface area contributed by atoms with E-state index in [9.17, 15) is 18.0 Å². The highest BCUT2D eigenvalue weighted by atomic mass is 32.2. The Hall–Kier alpha value is -3.13. The average Bonchev–Trinajstić information content (AvgIpc) is 3.52. The third-order valence-corrected chi connectivity index (χ3v) is 8.91. The van der Waals surface area contributed by atoms with Gasteiger partial charge < -0.3 is 14.1 Å². The van der Waals surface area contributed by atoms with Crippen molar-refractivity contribution in [2.75, 3.05) is 13.4 Å². The Morgan fingerprint density at radius 2 is 1.92 bits per heavy atom. The predicted octanol–water partition coefficient (Wildman–Crippen LogP) is 4.74. The smallest absolute Gasteiger partial charge is 0.264 e. The first kappa shape index (κ1) is 23.3. The number of sulfonamides is 1. The van der Waals surface area contributed by atoms with Gasteiger partial charge in [-0.15, -0.1) is 0 Å². The van der Waals surface area contributed by atoms with Gasteiger partial charge in [0.05, 0.1) is 24.5 Å². The molecule has 0 radical (unpaired) electrons. The Morgan fingerprint density at radius 3 is 2.61 bits per heavy atom. The molecule has 7 nitrogen and oxygen atoms in total. The van der Waals surface area contributed by atoms with Gasteiger partial charge in [0, 0.05) is 28.6 Å². The van der Waals surface area contributed by atoms with Crippen LogP contribution in [-0.4, -0.2) is 38.5 Å². The van der Waals surface area contributed by atoms with E-state index in [1.165, 1.54) is 24.8 Å². The van der Waals surface area contributed by atoms with Crippen LogP contribution in [0.5, 0.6) is 5.75 Å². The number of nitrogens with zero attached hydrogens (tertiary/aromatic N) is 1. The topological polar surface area (TPSA) is 94.5 Å². The molecule has 3 aromatic rings. The second-order valence-corrected chi connectivity index (χ2v) is 12.4. The number of carbonyl (C=O) groups is 2. The molecule has 0 bridgehead atoms. The Bertz CT molecular complexity index is 1520. The first-order valence-electron chi connectivity index (χ1n) is 12.6. The third-order valence-electron chi connectivity index (χ3n) is 8.35. The summed E-state index contributed by atoms with van der Waals surface area (Å²) in [4.78, 5) is 25.2. The summed E-state index contributed by atoms with van der Waals surface area (Å²) in [6, 6.07) is 11.6. The molecule has 2 aromatic carbocycles. The quantitative estimate of drug-likeness (QED) is 0.505. The fourth-order valence-corrected chi connectivity index (χ4v) is 7.01. The molecule has 2 unspecified atom stereocenters. The largest absolute Gasteiger partial charge is 0.497 e. The van der Waals surface area contributed by atoms with Crippen LogP contribution in [0.2, 0.25) is 0 Å². The number of aromatic nitrogens is 1. The molecule has 3 aliphatic rings. The van der Waals surface area contributed by atoms with Gasteiger partial charge in [-0.25, -0.2) is 13.1 Å². The zero-order chi connectivity index (χ0) is 25.2. The maximum atomic E-state index is 12.7. The van der Waals surface area contributed by atoms with Crippen molar-refractivity contribution in [3.8, 4) is 17.0 Å². The van der Waals surface area contributed by atoms with E-state index in [0.29, 0.717) is 12.5 Å². The highest BCUT2D eigenvalue weighted by Gasteiger charge is 2.58. The van der Waals surface area contributed by atoms with Crippen molar-refractivity contribution >= 4 is 33.1 Å². The van der Waals surface area contributed by atoms with Crippen LogP contribution in [0.4, 0.5) is 0 Å². The molecule has 6 rings (SSSR count). The number of rotatable bonds is 5. The van der Waals surface area contributed by atoms with Gasteiger partial charge in [0.2, 0.25) is 10.0 Å². The molecule has 0 saturated heterocycles. The van der Waals surface area contributed by atoms with Gasteiger partial charge >= 0.3 is 0 Å². The summed E-state index contributed by atoms with van der Waals surface area (Å²) >= 11 is 0. The number of hydrogen-bond acceptors (Lipinski definition) is 5. The molecular weight excluding hydrogens is 476 g/mol. The molecule has 1 amide bonds. The van der Waals surface area contributed by atoms with E-state index in [2.05, 4.69) is 21.4 Å². The zero-order valence-corrected chi connectivity index (χ0v) is 21.4. The van der Waals surface area contributed by atoms with Crippen LogP contribution in [-0.2, 0) is 21.4 Å². The van der Waals surface area contributed by atoms with E-state index in [4.69, 9.17) is 4.74 Å². The van der Waals surface area contributed by atoms with Gasteiger partial charge in [0.15, 0.2) is 0 Å². The summed E-state index contributed by atoms with van der Waals surface area (Å²) in [5.41, 5.74) is 5.36. The van der Waals surface area contributed by atoms with Crippen LogP contribution in [0, 0.1) is 5.41 Å². The lowest BCUT2D eigenvalue weighted by atomic mass is 9.81. The molecule has 2 atom stereocenters. The lowest BCUT2D eigenvalue weighted by molar-refractivity contribution is -0.112. The molecule has 0 spiro atoms. The third kappa shape index (κ3) is 3.65. The molecule has 8 heteroatoms. The molecule has 36 heavy (non-hydrogen) atoms. The number of benzene rings is 2. The van der Waals surface area contributed by atoms with E-state index in [0.717, 1.165) is 65.3 Å². The highest BCUT2D eigenvalue weighted by molar-refractivity contribution is 7.89. The van der Waals surface area contributed by atoms with Crippen LogP contribution in [0.25, 0.3) is 22.2 Å². The van der Waals surface area contributed by atoms with Crippen molar-refractivity contribution < 1.29 is 22.7 Å². The molecule has 1 aromatic heterocycles. The Kier molecular flexibility index (Phi) is 5.30. The van der Waals surface area contributed by atoms with E-state index in [1.807, 2.05) is 12.1 Å². The number of carbonyl (C=O) groups excluding carboxylic acids is 2. The van der Waals surface area contributed by atoms with E-state index in [-0.39, 0.29) is 11.5 Å². The standard InChI is InChI=1S/C28H30N2O5S/c1-35-19-9-11-20-22(13-19)23-14-28(23,16-31)15-30-24-12-18(27(32)29-36(2,33)34)8-10-21(24)25(26(20)30)17-6-4-3-5-7-17/h8-13,16-17,23H,3-7,14-15H2,1-2H3,(H,29,32). The number of nitrogens with one attached hydrogen (secondary N) is 1. The number of hydrogen-bond donors (Lipinski definition) is 1. The number of ether oxygens (including phenoxy) is 1. The Balaban J connectivity index is 1.63. The van der Waals surface area contributed by atoms with Crippen LogP contribution < -0.4 is 9.46 Å². The molecular formula is C28H30N2O5S. The van der Waals surface area contributed by atoms with Gasteiger partial charge in [-0.2, -0.15) is 0 Å². The SMILES string of the molecule is COc1ccc2c(c1)C1CC1(C=O)Cn1c-2c(C2CCCCC2)c2ccc(C(=O)NS(C)(=O)=O)cc21. The highest BCUT2D eigenvalue weighted by Crippen LogP contribution is 2.64. The second-order valence-electron chi connectivity index (χ2n) is 10.7. The molecule has 2 saturated carbocycles. The lowest BCUT2D eigenvalue weighted by Crippen LogP contribution is -2.29. The first-order valence-corrected chi connectivity index (χ1v) is 14.5. The van der Waals surface area contributed by atoms with Crippen LogP contribution in [0.3, 0.4) is 0 Å². The van der Waals surface area contributed by atoms with Crippen molar-refractivity contribution in [3.63, 3.8) is 0 Å². The van der Waals surface area contributed by atoms with E-state index >= 15 is 0 Å². The van der Waals surface area contributed by atoms with Gasteiger partial charge in [0.1, 0.15) is 12.0 Å². The molecule has 1 N–H and O–H groups in total. The van der Waals surface area contributed by atoms with Gasteiger partial charge in [-0.3, -0.25) is 4.79 Å². The average molecular weight is 507 g/mol. The van der Waals surface area contributed by atoms with Crippen LogP contribution in [0.1, 0.15) is 71.8 Å². The van der Waals surface area contributed by atoms with Crippen LogP contribution >= 0.6 is 0 Å². The van der Waals surface area contributed by atoms with Gasteiger partial charge in [-0.1, -0.05) is 25.3 Å². The van der Waals surface area contributed by atoms with Crippen LogP contribution in [0.15, 0.2) is 36.4 Å². The Morgan fingerprint density at radius 1 is 1.14 bits per heavy atom. The minimum atomic E-state index is -3.69. The number of methoxy groups -OCH3 is 1. The monoisotopic (exact) mass is 506 g/mol. The first-order chi connectivity index (χ1) is 17.2. The number of fused-ring (bicyclic) bond motifs is 7. The lowest BCUT2D eigenvalue weighted by Gasteiger charge is -2.24. The van der Waals surface area contributed by atoms with Crippen molar-refractivity contribution in [1.29, 1.82) is 0 Å². The maximum absolute atomic E-state index is 12.7. The van der Waals surface area contributed by atoms with Crippen molar-refractivity contribution in [1.82, 2.24) is 9.29 Å². The fourth-order valence-electron chi connectivity index (χ4n) is 6.55. The van der Waals surface area contributed by atoms with E-state index < -0.39 is 21.3 Å². The summed E-state index contributed by atoms with van der Waals surface area (Å²) in [6.45, 7) is 0.536. The molecule has 2 heterocycles. The summed E-state index contributed by atoms with van der Waals surface area (Å²) in [7, 11) is -2.03. The summed E-state index contributed by atoms with van der Waals surface area (Å²) in [6.07, 6.45) is 8.67. The maximum Gasteiger partial charge on any atom is 0.264 e. The van der Waals surface area contributed by atoms with Crippen molar-refractivity contribution in [3.05, 3.63) is 53.1 Å². The summed E-state index contributed by atoms with van der Waals surface area (Å²) < 4.78 is 33.2. The second kappa shape index (κ2) is 8.20. The summed E-state index contributed by atoms with van der Waals surface area (Å²) in [5.74, 6) is 0.655. The normalized spacial score (nSPS) is 23.2. The fraction of sp³-hybridized carbons (Fsp3) is 0.429. The predicted molar refractivity (Wildman–Crippen MR) is 138 cm³/mol. The minimum Gasteiger partial charge on any atom is -0.497 e. The molecule has 1 aliphatic heterocycles. The van der Waals surface area contributed by atoms with Gasteiger partial charge in [0.25, 0.3) is 5.91 Å². The van der Waals surface area contributed by atoms with E-state index in [1.54, 1.807) is 19.2 Å². The Labute approximate surface area is 210 Å². The number of amides is 1. The summed E-state index contributed by atoms with van der Waals surface area (Å²) in [5, 5.41) is 1.08. The van der Waals surface area contributed by atoms with Crippen molar-refractivity contribution in [2.45, 2.75) is 56.9 Å². The molecule has 188 valence electrons. The number of aldehydes is 1. The zero-order valence-electron chi connectivity index (χ0n) is 20.5. The van der Waals surface area contributed by atoms with Gasteiger partial charge in [-0.05, 0) is 72.6 Å². The minimum absolute atomic E-state index is 0.131. The van der Waals surface area contributed by atoms with Crippen molar-refractivity contribution in [2.24, 2.45) is 5.41 Å².